The maximum absolute atomic E-state index is 13.8. The van der Waals surface area contributed by atoms with Gasteiger partial charge in [0.1, 0.15) is 17.5 Å². The molecule has 0 aliphatic carbocycles. The van der Waals surface area contributed by atoms with Crippen LogP contribution in [0.15, 0.2) is 135 Å². The smallest absolute Gasteiger partial charge is 0.320 e. The summed E-state index contributed by atoms with van der Waals surface area (Å²) in [6.45, 7) is 0. The SMILES string of the molecule is O=P(O)(O)C(F)(F)c1ccc(CSCc2ccc(F)cc2Cl)cc1Br.O=P(O)(O)C(F)(F)c1ccc(CSCc2cccc(F)c2)cc1Br.O=P(O)(O)C(F)(F)c1ccc(CSCc2ccccc2F)cc1Br. The minimum Gasteiger partial charge on any atom is -0.320 e. The molecule has 0 saturated carbocycles. The Morgan fingerprint density at radius 1 is 0.425 bits per heavy atom. The summed E-state index contributed by atoms with van der Waals surface area (Å²) in [5.74, 6) is 1.80. The lowest BCUT2D eigenvalue weighted by atomic mass is 10.1. The summed E-state index contributed by atoms with van der Waals surface area (Å²) < 4.78 is 155. The summed E-state index contributed by atoms with van der Waals surface area (Å²) in [7, 11) is -16.8. The van der Waals surface area contributed by atoms with Crippen molar-refractivity contribution in [3.8, 4) is 0 Å². The van der Waals surface area contributed by atoms with Gasteiger partial charge in [-0.05, 0) is 81.9 Å². The zero-order valence-corrected chi connectivity index (χ0v) is 47.3. The van der Waals surface area contributed by atoms with Crippen molar-refractivity contribution in [2.45, 2.75) is 51.5 Å². The monoisotopic (exact) mass is 1350 g/mol. The fourth-order valence-corrected chi connectivity index (χ4v) is 13.1. The zero-order valence-electron chi connectivity index (χ0n) is 36.7. The molecule has 6 N–H and O–H groups in total. The molecule has 0 aromatic heterocycles. The van der Waals surface area contributed by atoms with Crippen LogP contribution in [0.25, 0.3) is 0 Å². The third-order valence-electron chi connectivity index (χ3n) is 9.62. The van der Waals surface area contributed by atoms with Crippen molar-refractivity contribution in [3.63, 3.8) is 0 Å². The summed E-state index contributed by atoms with van der Waals surface area (Å²) in [6.07, 6.45) is 0. The second-order valence-electron chi connectivity index (χ2n) is 15.1. The molecule has 0 atom stereocenters. The van der Waals surface area contributed by atoms with Crippen LogP contribution in [0, 0.1) is 17.5 Å². The molecule has 28 heteroatoms. The minimum atomic E-state index is -5.62. The van der Waals surface area contributed by atoms with E-state index < -0.39 is 62.3 Å². The van der Waals surface area contributed by atoms with Crippen LogP contribution in [0.5, 0.6) is 0 Å². The number of alkyl halides is 6. The van der Waals surface area contributed by atoms with Gasteiger partial charge in [0.25, 0.3) is 0 Å². The van der Waals surface area contributed by atoms with E-state index in [2.05, 4.69) is 47.8 Å². The highest BCUT2D eigenvalue weighted by molar-refractivity contribution is 9.11. The average molecular weight is 1360 g/mol. The quantitative estimate of drug-likeness (QED) is 0.0356. The summed E-state index contributed by atoms with van der Waals surface area (Å²) in [5.41, 5.74) is -10.9. The molecule has 6 rings (SSSR count). The van der Waals surface area contributed by atoms with Gasteiger partial charge >= 0.3 is 39.8 Å². The highest BCUT2D eigenvalue weighted by Crippen LogP contribution is 2.62. The van der Waals surface area contributed by atoms with E-state index >= 15 is 0 Å². The van der Waals surface area contributed by atoms with E-state index in [-0.39, 0.29) is 25.1 Å². The van der Waals surface area contributed by atoms with Gasteiger partial charge in [-0.2, -0.15) is 61.6 Å². The maximum Gasteiger partial charge on any atom is 0.399 e. The largest absolute Gasteiger partial charge is 0.399 e. The molecule has 73 heavy (non-hydrogen) atoms. The van der Waals surface area contributed by atoms with Crippen LogP contribution in [-0.2, 0) is 65.2 Å². The van der Waals surface area contributed by atoms with E-state index in [0.717, 1.165) is 29.3 Å². The Balaban J connectivity index is 0.000000237. The van der Waals surface area contributed by atoms with Crippen molar-refractivity contribution in [2.75, 3.05) is 0 Å². The topological polar surface area (TPSA) is 173 Å². The molecule has 0 saturated heterocycles. The molecule has 396 valence electrons. The van der Waals surface area contributed by atoms with Crippen LogP contribution >= 0.6 is 117 Å². The number of rotatable bonds is 18. The molecule has 0 radical (unpaired) electrons. The summed E-state index contributed by atoms with van der Waals surface area (Å²) in [5, 5.41) is 0.310. The number of benzene rings is 6. The number of hydrogen-bond acceptors (Lipinski definition) is 6. The minimum absolute atomic E-state index is 0.0697. The fraction of sp³-hybridized carbons (Fsp3) is 0.200. The first-order valence-corrected chi connectivity index (χ1v) is 31.1. The average Bonchev–Trinajstić information content (AvgIpc) is 3.27. The predicted molar refractivity (Wildman–Crippen MR) is 279 cm³/mol. The second kappa shape index (κ2) is 27.0. The van der Waals surface area contributed by atoms with Gasteiger partial charge in [-0.25, -0.2) is 13.2 Å². The Morgan fingerprint density at radius 3 is 1.14 bits per heavy atom. The normalized spacial score (nSPS) is 12.4. The first-order valence-electron chi connectivity index (χ1n) is 20.1. The predicted octanol–water partition coefficient (Wildman–Crippen LogP) is 16.4. The Kier molecular flexibility index (Phi) is 23.5. The van der Waals surface area contributed by atoms with E-state index in [0.29, 0.717) is 61.8 Å². The van der Waals surface area contributed by atoms with Crippen LogP contribution in [0.1, 0.15) is 50.1 Å². The van der Waals surface area contributed by atoms with Gasteiger partial charge in [0.15, 0.2) is 0 Å². The maximum atomic E-state index is 13.8. The van der Waals surface area contributed by atoms with Gasteiger partial charge in [0.05, 0.1) is 0 Å². The van der Waals surface area contributed by atoms with E-state index in [4.69, 9.17) is 41.0 Å². The molecule has 0 bridgehead atoms. The molecule has 0 fully saturated rings. The van der Waals surface area contributed by atoms with Crippen LogP contribution < -0.4 is 0 Å². The van der Waals surface area contributed by atoms with Crippen molar-refractivity contribution >= 4 is 117 Å². The molecular formula is C45H38Br3ClF9O9P3S3. The fourth-order valence-electron chi connectivity index (χ4n) is 5.87. The Morgan fingerprint density at radius 2 is 0.781 bits per heavy atom. The van der Waals surface area contributed by atoms with Gasteiger partial charge in [-0.1, -0.05) is 132 Å². The molecule has 0 aliphatic heterocycles. The van der Waals surface area contributed by atoms with Gasteiger partial charge in [0, 0.05) is 69.6 Å². The summed E-state index contributed by atoms with van der Waals surface area (Å²) in [4.78, 5) is 52.8. The van der Waals surface area contributed by atoms with E-state index in [1.807, 2.05) is 0 Å². The highest BCUT2D eigenvalue weighted by Gasteiger charge is 2.53. The van der Waals surface area contributed by atoms with Crippen LogP contribution in [0.4, 0.5) is 39.5 Å². The van der Waals surface area contributed by atoms with Crippen LogP contribution in [-0.4, -0.2) is 29.4 Å². The second-order valence-corrected chi connectivity index (χ2v) is 26.0. The van der Waals surface area contributed by atoms with Gasteiger partial charge in [0.2, 0.25) is 0 Å². The van der Waals surface area contributed by atoms with Crippen LogP contribution in [0.2, 0.25) is 5.02 Å². The number of halogens is 13. The van der Waals surface area contributed by atoms with Gasteiger partial charge < -0.3 is 29.4 Å². The van der Waals surface area contributed by atoms with E-state index in [1.165, 1.54) is 102 Å². The molecule has 0 heterocycles. The molecular weight excluding hydrogens is 1320 g/mol. The van der Waals surface area contributed by atoms with Crippen molar-refractivity contribution < 1.29 is 82.6 Å². The van der Waals surface area contributed by atoms with E-state index in [1.54, 1.807) is 36.4 Å². The van der Waals surface area contributed by atoms with Crippen LogP contribution in [0.3, 0.4) is 0 Å². The first-order chi connectivity index (χ1) is 33.8. The lowest BCUT2D eigenvalue weighted by molar-refractivity contribution is 0.0557. The molecule has 9 nitrogen and oxygen atoms in total. The lowest BCUT2D eigenvalue weighted by Gasteiger charge is -2.19. The summed E-state index contributed by atoms with van der Waals surface area (Å²) >= 11 is 19.0. The third kappa shape index (κ3) is 18.0. The van der Waals surface area contributed by atoms with Crippen molar-refractivity contribution in [1.82, 2.24) is 0 Å². The third-order valence-corrected chi connectivity index (χ3v) is 18.0. The molecule has 0 aliphatic rings. The van der Waals surface area contributed by atoms with Crippen molar-refractivity contribution in [2.24, 2.45) is 0 Å². The van der Waals surface area contributed by atoms with Gasteiger partial charge in [-0.3, -0.25) is 13.7 Å². The molecule has 6 aromatic rings. The number of hydrogen-bond donors (Lipinski definition) is 6. The van der Waals surface area contributed by atoms with Crippen molar-refractivity contribution in [3.05, 3.63) is 207 Å². The standard InChI is InChI=1S/C15H12BrClF3O3PS.2C15H13BrF3O3PS/c16-13-5-9(1-4-12(13)15(19,20)24(21,22)23)7-25-8-10-2-3-11(18)6-14(10)17;16-14-7-11(4-5-13(14)15(18,19)23(20,21)22)9-24-8-10-2-1-3-12(17)6-10;16-13-7-10(5-6-12(13)15(18,19)23(20,21)22)8-24-9-11-3-1-2-4-14(11)17/h1-6H,7-8H2,(H2,21,22,23);2*1-7H,8-9H2,(H2,20,21,22). The van der Waals surface area contributed by atoms with Gasteiger partial charge in [-0.15, -0.1) is 0 Å². The zero-order chi connectivity index (χ0) is 54.7. The molecule has 6 aromatic carbocycles. The van der Waals surface area contributed by atoms with E-state index in [9.17, 15) is 53.2 Å². The van der Waals surface area contributed by atoms with Crippen molar-refractivity contribution in [1.29, 1.82) is 0 Å². The molecule has 0 amide bonds. The Bertz CT molecular complexity index is 3030. The first kappa shape index (κ1) is 63.5. The lowest BCUT2D eigenvalue weighted by Crippen LogP contribution is -2.14. The molecule has 0 unspecified atom stereocenters. The summed E-state index contributed by atoms with van der Waals surface area (Å²) in [6, 6.07) is 27.9. The molecule has 0 spiro atoms. The Hall–Kier alpha value is -2.08. The number of thioether (sulfide) groups is 3. The highest BCUT2D eigenvalue weighted by atomic mass is 79.9. The Labute approximate surface area is 455 Å².